The molecular weight excluding hydrogens is 370 g/mol. The number of ether oxygens (including phenoxy) is 2. The summed E-state index contributed by atoms with van der Waals surface area (Å²) in [6.45, 7) is 1.14. The summed E-state index contributed by atoms with van der Waals surface area (Å²) in [5, 5.41) is 30.0. The van der Waals surface area contributed by atoms with Gasteiger partial charge >= 0.3 is 6.03 Å². The SMILES string of the molecule is CNC(=O)NCC1OC[C@@](O)(n2cnc3c(NC4CCOC4)ncnc32)C1O. The van der Waals surface area contributed by atoms with E-state index < -0.39 is 24.0 Å². The first-order valence-electron chi connectivity index (χ1n) is 9.03. The molecule has 4 atom stereocenters. The van der Waals surface area contributed by atoms with Crippen LogP contribution in [-0.2, 0) is 15.2 Å². The minimum atomic E-state index is -1.77. The van der Waals surface area contributed by atoms with Crippen molar-refractivity contribution in [1.29, 1.82) is 0 Å². The zero-order valence-corrected chi connectivity index (χ0v) is 15.3. The molecule has 5 N–H and O–H groups in total. The fourth-order valence-electron chi connectivity index (χ4n) is 3.43. The maximum absolute atomic E-state index is 11.3. The van der Waals surface area contributed by atoms with Crippen LogP contribution in [0.2, 0.25) is 0 Å². The lowest BCUT2D eigenvalue weighted by molar-refractivity contribution is -0.107. The molecule has 4 rings (SSSR count). The number of hydrogen-bond donors (Lipinski definition) is 5. The highest BCUT2D eigenvalue weighted by Crippen LogP contribution is 2.32. The molecule has 2 aromatic heterocycles. The van der Waals surface area contributed by atoms with Crippen LogP contribution in [0.15, 0.2) is 12.7 Å². The first-order chi connectivity index (χ1) is 13.5. The molecule has 0 aliphatic carbocycles. The number of nitrogens with zero attached hydrogens (tertiary/aromatic N) is 4. The third-order valence-corrected chi connectivity index (χ3v) is 5.05. The smallest absolute Gasteiger partial charge is 0.314 e. The molecule has 2 aromatic rings. The monoisotopic (exact) mass is 393 g/mol. The van der Waals surface area contributed by atoms with E-state index in [0.717, 1.165) is 6.42 Å². The van der Waals surface area contributed by atoms with E-state index in [1.807, 2.05) is 0 Å². The number of urea groups is 1. The summed E-state index contributed by atoms with van der Waals surface area (Å²) < 4.78 is 12.3. The molecule has 4 heterocycles. The molecule has 0 aromatic carbocycles. The third kappa shape index (κ3) is 3.24. The summed E-state index contributed by atoms with van der Waals surface area (Å²) in [7, 11) is 1.48. The quantitative estimate of drug-likeness (QED) is 0.402. The van der Waals surface area contributed by atoms with Gasteiger partial charge in [-0.1, -0.05) is 0 Å². The predicted octanol–water partition coefficient (Wildman–Crippen LogP) is -1.64. The maximum atomic E-state index is 11.3. The fraction of sp³-hybridized carbons (Fsp3) is 0.625. The largest absolute Gasteiger partial charge is 0.385 e. The molecule has 0 bridgehead atoms. The van der Waals surface area contributed by atoms with E-state index in [4.69, 9.17) is 9.47 Å². The van der Waals surface area contributed by atoms with Crippen molar-refractivity contribution in [2.75, 3.05) is 38.7 Å². The molecule has 2 amide bonds. The van der Waals surface area contributed by atoms with Gasteiger partial charge in [0.1, 0.15) is 18.5 Å². The van der Waals surface area contributed by atoms with Crippen LogP contribution in [0.4, 0.5) is 10.6 Å². The Morgan fingerprint density at radius 1 is 1.43 bits per heavy atom. The predicted molar refractivity (Wildman–Crippen MR) is 96.6 cm³/mol. The molecule has 2 aliphatic rings. The van der Waals surface area contributed by atoms with E-state index in [1.54, 1.807) is 0 Å². The number of carbonyl (C=O) groups excluding carboxylic acids is 1. The number of aliphatic hydroxyl groups excluding tert-OH is 1. The van der Waals surface area contributed by atoms with E-state index in [-0.39, 0.29) is 19.2 Å². The highest BCUT2D eigenvalue weighted by molar-refractivity contribution is 5.83. The highest BCUT2D eigenvalue weighted by Gasteiger charge is 2.50. The van der Waals surface area contributed by atoms with Crippen molar-refractivity contribution in [3.8, 4) is 0 Å². The van der Waals surface area contributed by atoms with Crippen molar-refractivity contribution in [2.45, 2.75) is 30.4 Å². The lowest BCUT2D eigenvalue weighted by Gasteiger charge is -2.28. The average Bonchev–Trinajstić information content (AvgIpc) is 3.42. The van der Waals surface area contributed by atoms with Gasteiger partial charge in [0.2, 0.25) is 0 Å². The molecule has 2 fully saturated rings. The van der Waals surface area contributed by atoms with Gasteiger partial charge in [0.15, 0.2) is 22.7 Å². The number of carbonyl (C=O) groups is 1. The summed E-state index contributed by atoms with van der Waals surface area (Å²) >= 11 is 0. The van der Waals surface area contributed by atoms with Crippen molar-refractivity contribution in [3.63, 3.8) is 0 Å². The van der Waals surface area contributed by atoms with Gasteiger partial charge in [-0.05, 0) is 6.42 Å². The number of rotatable bonds is 5. The second-order valence-corrected chi connectivity index (χ2v) is 6.85. The van der Waals surface area contributed by atoms with Gasteiger partial charge in [0.25, 0.3) is 0 Å². The Hall–Kier alpha value is -2.54. The molecule has 28 heavy (non-hydrogen) atoms. The number of imidazole rings is 1. The van der Waals surface area contributed by atoms with Crippen molar-refractivity contribution in [1.82, 2.24) is 30.2 Å². The Balaban J connectivity index is 1.57. The first-order valence-corrected chi connectivity index (χ1v) is 9.03. The normalized spacial score (nSPS) is 29.9. The fourth-order valence-corrected chi connectivity index (χ4v) is 3.43. The Morgan fingerprint density at radius 2 is 2.29 bits per heavy atom. The average molecular weight is 393 g/mol. The number of hydrogen-bond acceptors (Lipinski definition) is 9. The van der Waals surface area contributed by atoms with Crippen LogP contribution in [0.1, 0.15) is 6.42 Å². The summed E-state index contributed by atoms with van der Waals surface area (Å²) in [5.74, 6) is 0.536. The number of fused-ring (bicyclic) bond motifs is 1. The van der Waals surface area contributed by atoms with E-state index in [2.05, 4.69) is 30.9 Å². The van der Waals surface area contributed by atoms with Crippen LogP contribution in [-0.4, -0.2) is 87.4 Å². The van der Waals surface area contributed by atoms with Gasteiger partial charge in [-0.2, -0.15) is 0 Å². The molecule has 3 unspecified atom stereocenters. The van der Waals surface area contributed by atoms with Crippen molar-refractivity contribution in [3.05, 3.63) is 12.7 Å². The second kappa shape index (κ2) is 7.47. The molecule has 2 saturated heterocycles. The van der Waals surface area contributed by atoms with Gasteiger partial charge in [-0.25, -0.2) is 19.7 Å². The van der Waals surface area contributed by atoms with E-state index in [9.17, 15) is 15.0 Å². The topological polar surface area (TPSA) is 156 Å². The number of aliphatic hydroxyl groups is 2. The highest BCUT2D eigenvalue weighted by atomic mass is 16.5. The van der Waals surface area contributed by atoms with E-state index in [0.29, 0.717) is 30.2 Å². The lowest BCUT2D eigenvalue weighted by Crippen LogP contribution is -2.49. The third-order valence-electron chi connectivity index (χ3n) is 5.05. The van der Waals surface area contributed by atoms with Crippen molar-refractivity contribution < 1.29 is 24.5 Å². The molecule has 12 nitrogen and oxygen atoms in total. The van der Waals surface area contributed by atoms with Crippen LogP contribution in [0.5, 0.6) is 0 Å². The zero-order valence-electron chi connectivity index (χ0n) is 15.3. The van der Waals surface area contributed by atoms with Crippen LogP contribution >= 0.6 is 0 Å². The number of anilines is 1. The van der Waals surface area contributed by atoms with E-state index in [1.165, 1.54) is 24.3 Å². The minimum absolute atomic E-state index is 0.0409. The van der Waals surface area contributed by atoms with Crippen molar-refractivity contribution in [2.24, 2.45) is 0 Å². The van der Waals surface area contributed by atoms with Gasteiger partial charge in [0.05, 0.1) is 25.6 Å². The van der Waals surface area contributed by atoms with Crippen LogP contribution in [0.25, 0.3) is 11.2 Å². The standard InChI is InChI=1S/C16H23N7O5/c1-17-15(25)18-4-10-12(24)16(26,6-28-10)23-8-21-11-13(19-7-20-14(11)23)22-9-2-3-27-5-9/h7-10,12,24,26H,2-6H2,1H3,(H2,17,18,25)(H,19,20,22)/t9?,10?,12?,16-/m0/s1. The van der Waals surface area contributed by atoms with Crippen LogP contribution in [0.3, 0.4) is 0 Å². The first kappa shape index (κ1) is 18.8. The Kier molecular flexibility index (Phi) is 5.02. The second-order valence-electron chi connectivity index (χ2n) is 6.85. The Morgan fingerprint density at radius 3 is 3.04 bits per heavy atom. The molecule has 2 aliphatic heterocycles. The molecule has 0 spiro atoms. The van der Waals surface area contributed by atoms with Crippen LogP contribution in [0, 0.1) is 0 Å². The molecule has 12 heteroatoms. The summed E-state index contributed by atoms with van der Waals surface area (Å²) in [6.07, 6.45) is 1.56. The number of aromatic nitrogens is 4. The molecule has 0 saturated carbocycles. The molecular formula is C16H23N7O5. The van der Waals surface area contributed by atoms with Gasteiger partial charge < -0.3 is 35.6 Å². The van der Waals surface area contributed by atoms with Crippen LogP contribution < -0.4 is 16.0 Å². The molecule has 0 radical (unpaired) electrons. The zero-order chi connectivity index (χ0) is 19.7. The summed E-state index contributed by atoms with van der Waals surface area (Å²) in [6, 6.07) is -0.273. The van der Waals surface area contributed by atoms with Gasteiger partial charge in [0, 0.05) is 20.2 Å². The minimum Gasteiger partial charge on any atom is -0.385 e. The molecule has 152 valence electrons. The Labute approximate surface area is 160 Å². The van der Waals surface area contributed by atoms with Gasteiger partial charge in [-0.3, -0.25) is 4.57 Å². The lowest BCUT2D eigenvalue weighted by atomic mass is 10.1. The Bertz CT molecular complexity index is 855. The maximum Gasteiger partial charge on any atom is 0.314 e. The van der Waals surface area contributed by atoms with Crippen molar-refractivity contribution >= 4 is 23.0 Å². The number of amides is 2. The number of nitrogens with one attached hydrogen (secondary N) is 3. The summed E-state index contributed by atoms with van der Waals surface area (Å²) in [5.41, 5.74) is -0.935. The summed E-state index contributed by atoms with van der Waals surface area (Å²) in [4.78, 5) is 24.1. The van der Waals surface area contributed by atoms with Gasteiger partial charge in [-0.15, -0.1) is 0 Å². The van der Waals surface area contributed by atoms with E-state index >= 15 is 0 Å².